The van der Waals surface area contributed by atoms with Gasteiger partial charge in [0.15, 0.2) is 0 Å². The monoisotopic (exact) mass is 729 g/mol. The Morgan fingerprint density at radius 3 is 1.87 bits per heavy atom. The SMILES string of the molecule is CC(C)CC(NC(=O)[C@@H](Cc1ccccc1)NC(=O)[C@H](N)Cc1ccccc1)C(=O)N[C@H](CCCCN)C(=O)N1CCC2(CC1)CC(N1CCCC1)C2. The van der Waals surface area contributed by atoms with E-state index in [0.29, 0.717) is 56.8 Å². The first-order valence-electron chi connectivity index (χ1n) is 20.0. The minimum atomic E-state index is -0.964. The third-order valence-electron chi connectivity index (χ3n) is 11.6. The predicted molar refractivity (Wildman–Crippen MR) is 208 cm³/mol. The number of nitrogens with two attached hydrogens (primary N) is 2. The van der Waals surface area contributed by atoms with Gasteiger partial charge in [0.05, 0.1) is 6.04 Å². The van der Waals surface area contributed by atoms with Crippen LogP contribution in [-0.4, -0.2) is 96.4 Å². The van der Waals surface area contributed by atoms with E-state index in [1.165, 1.54) is 38.8 Å². The van der Waals surface area contributed by atoms with Crippen LogP contribution in [0.4, 0.5) is 0 Å². The minimum absolute atomic E-state index is 0.0584. The highest BCUT2D eigenvalue weighted by atomic mass is 16.2. The molecule has 2 heterocycles. The van der Waals surface area contributed by atoms with Crippen LogP contribution in [0.2, 0.25) is 0 Å². The van der Waals surface area contributed by atoms with Gasteiger partial charge in [0, 0.05) is 25.6 Å². The fraction of sp³-hybridized carbons (Fsp3) is 0.619. The normalized spacial score (nSPS) is 19.6. The second-order valence-corrected chi connectivity index (χ2v) is 16.2. The van der Waals surface area contributed by atoms with E-state index < -0.39 is 41.9 Å². The molecular formula is C42H63N7O4. The van der Waals surface area contributed by atoms with Crippen molar-refractivity contribution in [1.82, 2.24) is 25.8 Å². The number of likely N-dealkylation sites (tertiary alicyclic amines) is 2. The maximum Gasteiger partial charge on any atom is 0.245 e. The van der Waals surface area contributed by atoms with Crippen molar-refractivity contribution in [3.8, 4) is 0 Å². The van der Waals surface area contributed by atoms with Crippen LogP contribution in [0.15, 0.2) is 60.7 Å². The fourth-order valence-corrected chi connectivity index (χ4v) is 8.43. The molecule has 4 amide bonds. The molecule has 53 heavy (non-hydrogen) atoms. The zero-order valence-electron chi connectivity index (χ0n) is 31.9. The first-order chi connectivity index (χ1) is 25.6. The number of carbonyl (C=O) groups excluding carboxylic acids is 4. The number of hydrogen-bond donors (Lipinski definition) is 5. The van der Waals surface area contributed by atoms with Crippen molar-refractivity contribution in [1.29, 1.82) is 0 Å². The van der Waals surface area contributed by atoms with Gasteiger partial charge in [0.2, 0.25) is 23.6 Å². The number of hydrogen-bond acceptors (Lipinski definition) is 7. The molecule has 1 spiro atoms. The molecule has 290 valence electrons. The van der Waals surface area contributed by atoms with Gasteiger partial charge in [-0.15, -0.1) is 0 Å². The highest BCUT2D eigenvalue weighted by Crippen LogP contribution is 2.51. The number of benzene rings is 2. The number of amides is 4. The maximum atomic E-state index is 14.0. The van der Waals surface area contributed by atoms with Gasteiger partial charge in [-0.3, -0.25) is 19.2 Å². The van der Waals surface area contributed by atoms with Crippen molar-refractivity contribution in [2.45, 2.75) is 121 Å². The summed E-state index contributed by atoms with van der Waals surface area (Å²) in [5.41, 5.74) is 14.2. The average Bonchev–Trinajstić information content (AvgIpc) is 3.68. The van der Waals surface area contributed by atoms with Crippen LogP contribution in [0.5, 0.6) is 0 Å². The van der Waals surface area contributed by atoms with Crippen LogP contribution in [0.1, 0.15) is 89.2 Å². The van der Waals surface area contributed by atoms with Crippen molar-refractivity contribution in [3.63, 3.8) is 0 Å². The molecule has 7 N–H and O–H groups in total. The molecule has 11 nitrogen and oxygen atoms in total. The van der Waals surface area contributed by atoms with Gasteiger partial charge in [-0.25, -0.2) is 0 Å². The smallest absolute Gasteiger partial charge is 0.245 e. The Morgan fingerprint density at radius 2 is 1.28 bits per heavy atom. The summed E-state index contributed by atoms with van der Waals surface area (Å²) in [6.07, 6.45) is 9.92. The molecule has 0 bridgehead atoms. The number of carbonyl (C=O) groups is 4. The number of rotatable bonds is 18. The predicted octanol–water partition coefficient (Wildman–Crippen LogP) is 3.30. The van der Waals surface area contributed by atoms with E-state index in [4.69, 9.17) is 11.5 Å². The second-order valence-electron chi connectivity index (χ2n) is 16.2. The van der Waals surface area contributed by atoms with Gasteiger partial charge in [0.25, 0.3) is 0 Å². The minimum Gasteiger partial charge on any atom is -0.343 e. The zero-order valence-corrected chi connectivity index (χ0v) is 31.9. The molecule has 2 saturated heterocycles. The van der Waals surface area contributed by atoms with Crippen molar-refractivity contribution in [3.05, 3.63) is 71.8 Å². The van der Waals surface area contributed by atoms with Crippen LogP contribution < -0.4 is 27.4 Å². The lowest BCUT2D eigenvalue weighted by atomic mass is 9.60. The van der Waals surface area contributed by atoms with E-state index >= 15 is 0 Å². The van der Waals surface area contributed by atoms with E-state index in [1.54, 1.807) is 0 Å². The second kappa shape index (κ2) is 19.5. The molecule has 1 aliphatic carbocycles. The van der Waals surface area contributed by atoms with Gasteiger partial charge in [-0.1, -0.05) is 74.5 Å². The lowest BCUT2D eigenvalue weighted by Gasteiger charge is -2.55. The maximum absolute atomic E-state index is 14.0. The lowest BCUT2D eigenvalue weighted by molar-refractivity contribution is -0.141. The molecule has 1 saturated carbocycles. The van der Waals surface area contributed by atoms with Crippen LogP contribution in [0.25, 0.3) is 0 Å². The Hall–Kier alpha value is -3.80. The topological polar surface area (TPSA) is 163 Å². The molecular weight excluding hydrogens is 667 g/mol. The fourth-order valence-electron chi connectivity index (χ4n) is 8.43. The molecule has 4 atom stereocenters. The van der Waals surface area contributed by atoms with Crippen molar-refractivity contribution >= 4 is 23.6 Å². The standard InChI is InChI=1S/C42H63N7O4/c1-30(2)25-36(47-40(52)37(27-32-15-7-4-8-16-32)46-38(50)34(44)26-31-13-5-3-6-14-31)39(51)45-35(17-9-10-20-43)41(53)49-23-18-42(19-24-49)28-33(29-42)48-21-11-12-22-48/h3-8,13-16,30,33-37H,9-12,17-29,43-44H2,1-2H3,(H,45,51)(H,46,50)(H,47,52)/t34-,35-,36?,37-/m1/s1. The van der Waals surface area contributed by atoms with Gasteiger partial charge >= 0.3 is 0 Å². The van der Waals surface area contributed by atoms with Crippen LogP contribution in [0, 0.1) is 11.3 Å². The summed E-state index contributed by atoms with van der Waals surface area (Å²) in [5.74, 6) is -1.31. The first kappa shape index (κ1) is 40.4. The number of nitrogens with one attached hydrogen (secondary N) is 3. The molecule has 2 aliphatic heterocycles. The molecule has 2 aromatic rings. The van der Waals surface area contributed by atoms with Crippen LogP contribution in [-0.2, 0) is 32.0 Å². The van der Waals surface area contributed by atoms with Gasteiger partial charge in [-0.05, 0) is 113 Å². The van der Waals surface area contributed by atoms with E-state index in [0.717, 1.165) is 30.4 Å². The summed E-state index contributed by atoms with van der Waals surface area (Å²) in [7, 11) is 0. The van der Waals surface area contributed by atoms with E-state index in [9.17, 15) is 19.2 Å². The Balaban J connectivity index is 1.23. The van der Waals surface area contributed by atoms with E-state index in [1.807, 2.05) is 79.4 Å². The highest BCUT2D eigenvalue weighted by Gasteiger charge is 2.49. The Bertz CT molecular complexity index is 1470. The molecule has 11 heteroatoms. The molecule has 0 aromatic heterocycles. The number of nitrogens with zero attached hydrogens (tertiary/aromatic N) is 2. The van der Waals surface area contributed by atoms with Gasteiger partial charge in [0.1, 0.15) is 18.1 Å². The quantitative estimate of drug-likeness (QED) is 0.147. The van der Waals surface area contributed by atoms with Crippen LogP contribution >= 0.6 is 0 Å². The molecule has 0 radical (unpaired) electrons. The summed E-state index contributed by atoms with van der Waals surface area (Å²) < 4.78 is 0. The molecule has 2 aromatic carbocycles. The molecule has 3 aliphatic rings. The number of piperidine rings is 1. The van der Waals surface area contributed by atoms with Crippen molar-refractivity contribution in [2.75, 3.05) is 32.7 Å². The highest BCUT2D eigenvalue weighted by molar-refractivity contribution is 5.95. The van der Waals surface area contributed by atoms with Gasteiger partial charge < -0.3 is 37.2 Å². The van der Waals surface area contributed by atoms with Gasteiger partial charge in [-0.2, -0.15) is 0 Å². The summed E-state index contributed by atoms with van der Waals surface area (Å²) in [5, 5.41) is 8.87. The van der Waals surface area contributed by atoms with Crippen molar-refractivity contribution in [2.24, 2.45) is 22.8 Å². The average molecular weight is 730 g/mol. The van der Waals surface area contributed by atoms with Crippen LogP contribution in [0.3, 0.4) is 0 Å². The zero-order chi connectivity index (χ0) is 37.8. The van der Waals surface area contributed by atoms with Crippen molar-refractivity contribution < 1.29 is 19.2 Å². The summed E-state index contributed by atoms with van der Waals surface area (Å²) in [6, 6.07) is 16.2. The molecule has 3 fully saturated rings. The summed E-state index contributed by atoms with van der Waals surface area (Å²) >= 11 is 0. The lowest BCUT2D eigenvalue weighted by Crippen LogP contribution is -2.60. The Labute approximate surface area is 316 Å². The third kappa shape index (κ3) is 11.6. The summed E-state index contributed by atoms with van der Waals surface area (Å²) in [6.45, 7) is 8.33. The molecule has 5 rings (SSSR count). The Morgan fingerprint density at radius 1 is 0.736 bits per heavy atom. The largest absolute Gasteiger partial charge is 0.343 e. The number of unbranched alkanes of at least 4 members (excludes halogenated alkanes) is 1. The third-order valence-corrected chi connectivity index (χ3v) is 11.6. The Kier molecular flexibility index (Phi) is 14.9. The van der Waals surface area contributed by atoms with E-state index in [-0.39, 0.29) is 18.2 Å². The molecule has 1 unspecified atom stereocenters. The first-order valence-corrected chi connectivity index (χ1v) is 20.0. The van der Waals surface area contributed by atoms with E-state index in [2.05, 4.69) is 20.9 Å². The summed E-state index contributed by atoms with van der Waals surface area (Å²) in [4.78, 5) is 60.0.